The first-order chi connectivity index (χ1) is 12.7. The van der Waals surface area contributed by atoms with Gasteiger partial charge in [0.25, 0.3) is 0 Å². The Hall–Kier alpha value is -3.16. The van der Waals surface area contributed by atoms with Crippen LogP contribution in [0, 0.1) is 17.1 Å². The highest BCUT2D eigenvalue weighted by Crippen LogP contribution is 2.34. The summed E-state index contributed by atoms with van der Waals surface area (Å²) in [6.07, 6.45) is -5.18. The minimum atomic E-state index is -4.82. The third-order valence-corrected chi connectivity index (χ3v) is 3.97. The molecule has 7 nitrogen and oxygen atoms in total. The van der Waals surface area contributed by atoms with Crippen molar-refractivity contribution in [2.24, 2.45) is 0 Å². The molecule has 11 heteroatoms. The van der Waals surface area contributed by atoms with Crippen LogP contribution in [-0.4, -0.2) is 33.6 Å². The lowest BCUT2D eigenvalue weighted by atomic mass is 10.1. The van der Waals surface area contributed by atoms with E-state index in [9.17, 15) is 22.4 Å². The fourth-order valence-corrected chi connectivity index (χ4v) is 2.61. The fourth-order valence-electron chi connectivity index (χ4n) is 2.61. The molecule has 3 rings (SSSR count). The maximum atomic E-state index is 14.6. The van der Waals surface area contributed by atoms with Crippen LogP contribution in [0.5, 0.6) is 5.75 Å². The summed E-state index contributed by atoms with van der Waals surface area (Å²) in [5, 5.41) is 11.9. The van der Waals surface area contributed by atoms with Crippen LogP contribution in [0.25, 0.3) is 11.4 Å². The number of nitrogens with zero attached hydrogens (tertiary/aromatic N) is 4. The van der Waals surface area contributed by atoms with Crippen LogP contribution in [0.3, 0.4) is 0 Å². The number of hydrogen-bond donors (Lipinski definition) is 0. The van der Waals surface area contributed by atoms with Crippen molar-refractivity contribution >= 4 is 5.91 Å². The number of fused-ring (bicyclic) bond motifs is 1. The van der Waals surface area contributed by atoms with Crippen molar-refractivity contribution in [3.8, 4) is 23.2 Å². The molecule has 0 spiro atoms. The summed E-state index contributed by atoms with van der Waals surface area (Å²) >= 11 is 0. The molecule has 0 saturated heterocycles. The normalized spacial score (nSPS) is 16.9. The number of amides is 1. The number of halogens is 4. The number of aromatic nitrogens is 2. The first kappa shape index (κ1) is 18.6. The highest BCUT2D eigenvalue weighted by atomic mass is 19.4. The van der Waals surface area contributed by atoms with Crippen molar-refractivity contribution in [2.75, 3.05) is 6.61 Å². The van der Waals surface area contributed by atoms with Gasteiger partial charge in [0.2, 0.25) is 11.7 Å². The zero-order valence-corrected chi connectivity index (χ0v) is 13.9. The lowest BCUT2D eigenvalue weighted by molar-refractivity contribution is -0.159. The molecule has 1 aromatic carbocycles. The number of rotatable bonds is 2. The highest BCUT2D eigenvalue weighted by molar-refractivity contribution is 5.78. The first-order valence-corrected chi connectivity index (χ1v) is 7.73. The van der Waals surface area contributed by atoms with Crippen LogP contribution in [0.1, 0.15) is 24.8 Å². The van der Waals surface area contributed by atoms with Gasteiger partial charge in [0.05, 0.1) is 18.7 Å². The van der Waals surface area contributed by atoms with Crippen LogP contribution < -0.4 is 4.74 Å². The molecule has 0 radical (unpaired) electrons. The van der Waals surface area contributed by atoms with Crippen molar-refractivity contribution in [1.82, 2.24) is 15.0 Å². The summed E-state index contributed by atoms with van der Waals surface area (Å²) in [6.45, 7) is 1.56. The molecule has 1 aliphatic rings. The monoisotopic (exact) mass is 384 g/mol. The van der Waals surface area contributed by atoms with E-state index in [1.54, 1.807) is 13.0 Å². The molecule has 0 aliphatic carbocycles. The summed E-state index contributed by atoms with van der Waals surface area (Å²) in [7, 11) is 0. The summed E-state index contributed by atoms with van der Waals surface area (Å²) in [6, 6.07) is 3.54. The largest absolute Gasteiger partial charge is 0.491 e. The van der Waals surface area contributed by atoms with Gasteiger partial charge in [0.1, 0.15) is 24.6 Å². The number of alkyl halides is 3. The number of carbonyl (C=O) groups excluding carboxylic acids is 1. The molecule has 0 fully saturated rings. The van der Waals surface area contributed by atoms with E-state index in [4.69, 9.17) is 10.00 Å². The number of benzene rings is 1. The van der Waals surface area contributed by atoms with E-state index < -0.39 is 35.7 Å². The fraction of sp³-hybridized carbons (Fsp3) is 0.375. The average molecular weight is 384 g/mol. The van der Waals surface area contributed by atoms with Gasteiger partial charge < -0.3 is 14.2 Å². The predicted molar refractivity (Wildman–Crippen MR) is 80.4 cm³/mol. The van der Waals surface area contributed by atoms with Gasteiger partial charge in [-0.1, -0.05) is 5.16 Å². The standard InChI is InChI=1S/C16H12F4N4O3/c1-8-7-26-12-5-9(14-22-15(27-23-14)16(18,19)20)4-11(17)10(12)6-24(8)13(25)2-3-21/h4-5,8H,2,6-7H2,1H3/t8-/m0/s1. The van der Waals surface area contributed by atoms with E-state index in [0.717, 1.165) is 6.07 Å². The molecule has 27 heavy (non-hydrogen) atoms. The Balaban J connectivity index is 1.96. The van der Waals surface area contributed by atoms with Gasteiger partial charge in [-0.3, -0.25) is 4.79 Å². The van der Waals surface area contributed by atoms with Crippen molar-refractivity contribution in [2.45, 2.75) is 32.1 Å². The second-order valence-electron chi connectivity index (χ2n) is 5.87. The van der Waals surface area contributed by atoms with Gasteiger partial charge in [-0.2, -0.15) is 23.4 Å². The van der Waals surface area contributed by atoms with Gasteiger partial charge in [-0.05, 0) is 19.1 Å². The Morgan fingerprint density at radius 2 is 2.19 bits per heavy atom. The Morgan fingerprint density at radius 3 is 2.81 bits per heavy atom. The lowest BCUT2D eigenvalue weighted by Gasteiger charge is -2.25. The molecule has 142 valence electrons. The second-order valence-corrected chi connectivity index (χ2v) is 5.87. The van der Waals surface area contributed by atoms with Crippen LogP contribution in [0.15, 0.2) is 16.7 Å². The molecule has 0 N–H and O–H groups in total. The smallest absolute Gasteiger partial charge is 0.471 e. The maximum absolute atomic E-state index is 14.6. The topological polar surface area (TPSA) is 92.2 Å². The molecular formula is C16H12F4N4O3. The molecule has 0 unspecified atom stereocenters. The first-order valence-electron chi connectivity index (χ1n) is 7.73. The van der Waals surface area contributed by atoms with Gasteiger partial charge in [0, 0.05) is 11.1 Å². The predicted octanol–water partition coefficient (Wildman–Crippen LogP) is 2.92. The Morgan fingerprint density at radius 1 is 1.44 bits per heavy atom. The maximum Gasteiger partial charge on any atom is 0.471 e. The molecule has 1 atom stereocenters. The quantitative estimate of drug-likeness (QED) is 0.740. The average Bonchev–Trinajstić information content (AvgIpc) is 3.03. The van der Waals surface area contributed by atoms with Crippen LogP contribution in [0.4, 0.5) is 17.6 Å². The zero-order valence-electron chi connectivity index (χ0n) is 13.9. The summed E-state index contributed by atoms with van der Waals surface area (Å²) in [4.78, 5) is 16.6. The third kappa shape index (κ3) is 3.69. The van der Waals surface area contributed by atoms with Crippen molar-refractivity contribution in [3.05, 3.63) is 29.4 Å². The summed E-state index contributed by atoms with van der Waals surface area (Å²) < 4.78 is 62.0. The number of ether oxygens (including phenoxy) is 1. The summed E-state index contributed by atoms with van der Waals surface area (Å²) in [5.41, 5.74) is -0.0103. The number of nitriles is 1. The molecule has 2 aromatic rings. The SMILES string of the molecule is C[C@H]1COc2cc(-c3noc(C(F)(F)F)n3)cc(F)c2CN1C(=O)CC#N. The van der Waals surface area contributed by atoms with Crippen LogP contribution in [-0.2, 0) is 17.5 Å². The van der Waals surface area contributed by atoms with Gasteiger partial charge in [-0.25, -0.2) is 4.39 Å². The Kier molecular flexibility index (Phi) is 4.73. The van der Waals surface area contributed by atoms with E-state index in [1.165, 1.54) is 11.0 Å². The van der Waals surface area contributed by atoms with Crippen LogP contribution >= 0.6 is 0 Å². The lowest BCUT2D eigenvalue weighted by Crippen LogP contribution is -2.39. The van der Waals surface area contributed by atoms with Crippen LogP contribution in [0.2, 0.25) is 0 Å². The number of hydrogen-bond acceptors (Lipinski definition) is 6. The highest BCUT2D eigenvalue weighted by Gasteiger charge is 2.38. The minimum Gasteiger partial charge on any atom is -0.491 e. The van der Waals surface area contributed by atoms with E-state index in [2.05, 4.69) is 14.7 Å². The van der Waals surface area contributed by atoms with E-state index in [0.29, 0.717) is 0 Å². The van der Waals surface area contributed by atoms with Crippen molar-refractivity contribution in [1.29, 1.82) is 5.26 Å². The molecular weight excluding hydrogens is 372 g/mol. The molecule has 0 bridgehead atoms. The minimum absolute atomic E-state index is 0.0209. The molecule has 1 aromatic heterocycles. The van der Waals surface area contributed by atoms with Gasteiger partial charge in [0.15, 0.2) is 0 Å². The van der Waals surface area contributed by atoms with Gasteiger partial charge in [-0.15, -0.1) is 0 Å². The van der Waals surface area contributed by atoms with E-state index in [1.807, 2.05) is 0 Å². The number of carbonyl (C=O) groups is 1. The van der Waals surface area contributed by atoms with Crippen molar-refractivity contribution < 1.29 is 31.6 Å². The Bertz CT molecular complexity index is 919. The molecule has 2 heterocycles. The van der Waals surface area contributed by atoms with E-state index in [-0.39, 0.29) is 36.4 Å². The third-order valence-electron chi connectivity index (χ3n) is 3.97. The van der Waals surface area contributed by atoms with Crippen molar-refractivity contribution in [3.63, 3.8) is 0 Å². The molecule has 1 aliphatic heterocycles. The van der Waals surface area contributed by atoms with Gasteiger partial charge >= 0.3 is 12.1 Å². The zero-order chi connectivity index (χ0) is 19.8. The Labute approximate surface area is 150 Å². The second kappa shape index (κ2) is 6.86. The van der Waals surface area contributed by atoms with E-state index >= 15 is 0 Å². The molecule has 0 saturated carbocycles. The molecule has 1 amide bonds. The summed E-state index contributed by atoms with van der Waals surface area (Å²) in [5.74, 6) is -3.21.